The van der Waals surface area contributed by atoms with Crippen LogP contribution in [0.4, 0.5) is 0 Å². The van der Waals surface area contributed by atoms with E-state index in [9.17, 15) is 5.11 Å². The fourth-order valence-corrected chi connectivity index (χ4v) is 1.13. The molecular formula is C9H20O5. The summed E-state index contributed by atoms with van der Waals surface area (Å²) in [5.74, 6) is 0. The summed E-state index contributed by atoms with van der Waals surface area (Å²) in [4.78, 5) is 0. The maximum absolute atomic E-state index is 9.48. The predicted molar refractivity (Wildman–Crippen MR) is 50.9 cm³/mol. The first kappa shape index (κ1) is 13.8. The summed E-state index contributed by atoms with van der Waals surface area (Å²) in [7, 11) is 0. The van der Waals surface area contributed by atoms with Crippen molar-refractivity contribution < 1.29 is 25.2 Å². The number of rotatable bonds is 9. The van der Waals surface area contributed by atoms with Gasteiger partial charge in [0.2, 0.25) is 0 Å². The van der Waals surface area contributed by atoms with E-state index in [1.807, 2.05) is 0 Å². The maximum Gasteiger partial charge on any atom is 0.0856 e. The Morgan fingerprint density at radius 1 is 0.929 bits per heavy atom. The van der Waals surface area contributed by atoms with E-state index in [0.717, 1.165) is 0 Å². The summed E-state index contributed by atoms with van der Waals surface area (Å²) in [5, 5.41) is 35.3. The maximum atomic E-state index is 9.48. The molecule has 5 nitrogen and oxygen atoms in total. The van der Waals surface area contributed by atoms with Gasteiger partial charge in [-0.2, -0.15) is 0 Å². The third kappa shape index (κ3) is 6.28. The summed E-state index contributed by atoms with van der Waals surface area (Å²) in [6.07, 6.45) is -0.131. The quantitative estimate of drug-likeness (QED) is 0.360. The molecule has 0 rings (SSSR count). The van der Waals surface area contributed by atoms with Crippen LogP contribution in [0.1, 0.15) is 19.3 Å². The van der Waals surface area contributed by atoms with E-state index in [-0.39, 0.29) is 26.2 Å². The average molecular weight is 208 g/mol. The van der Waals surface area contributed by atoms with Crippen molar-refractivity contribution in [3.63, 3.8) is 0 Å². The summed E-state index contributed by atoms with van der Waals surface area (Å²) < 4.78 is 5.26. The van der Waals surface area contributed by atoms with Crippen molar-refractivity contribution in [2.75, 3.05) is 26.4 Å². The molecule has 0 aliphatic heterocycles. The number of hydrogen-bond acceptors (Lipinski definition) is 5. The highest BCUT2D eigenvalue weighted by molar-refractivity contribution is 4.68. The van der Waals surface area contributed by atoms with Crippen LogP contribution in [0.5, 0.6) is 0 Å². The lowest BCUT2D eigenvalue weighted by Gasteiger charge is -2.21. The highest BCUT2D eigenvalue weighted by Crippen LogP contribution is 2.08. The summed E-state index contributed by atoms with van der Waals surface area (Å²) in [6.45, 7) is 0.227. The number of aliphatic hydroxyl groups excluding tert-OH is 4. The van der Waals surface area contributed by atoms with E-state index in [1.165, 1.54) is 0 Å². The molecule has 86 valence electrons. The van der Waals surface area contributed by atoms with Crippen molar-refractivity contribution in [3.05, 3.63) is 0 Å². The van der Waals surface area contributed by atoms with E-state index in [1.54, 1.807) is 0 Å². The first-order chi connectivity index (χ1) is 6.76. The largest absolute Gasteiger partial charge is 0.396 e. The van der Waals surface area contributed by atoms with Crippen molar-refractivity contribution in [3.8, 4) is 0 Å². The Morgan fingerprint density at radius 2 is 1.57 bits per heavy atom. The highest BCUT2D eigenvalue weighted by Gasteiger charge is 2.18. The van der Waals surface area contributed by atoms with Crippen molar-refractivity contribution in [1.82, 2.24) is 0 Å². The smallest absolute Gasteiger partial charge is 0.0856 e. The Hall–Kier alpha value is -0.200. The second-order valence-electron chi connectivity index (χ2n) is 3.08. The fraction of sp³-hybridized carbons (Fsp3) is 1.00. The third-order valence-electron chi connectivity index (χ3n) is 1.90. The monoisotopic (exact) mass is 208 g/mol. The molecule has 0 aromatic carbocycles. The molecular weight excluding hydrogens is 188 g/mol. The fourth-order valence-electron chi connectivity index (χ4n) is 1.13. The zero-order valence-corrected chi connectivity index (χ0v) is 8.30. The average Bonchev–Trinajstić information content (AvgIpc) is 2.17. The molecule has 0 radical (unpaired) electrons. The molecule has 0 saturated heterocycles. The Morgan fingerprint density at radius 3 is 2.07 bits per heavy atom. The van der Waals surface area contributed by atoms with Gasteiger partial charge < -0.3 is 25.2 Å². The number of aliphatic hydroxyl groups is 4. The van der Waals surface area contributed by atoms with Gasteiger partial charge in [-0.3, -0.25) is 0 Å². The molecule has 0 spiro atoms. The van der Waals surface area contributed by atoms with Crippen LogP contribution in [0.15, 0.2) is 0 Å². The summed E-state index contributed by atoms with van der Waals surface area (Å²) >= 11 is 0. The van der Waals surface area contributed by atoms with Crippen LogP contribution in [0.2, 0.25) is 0 Å². The first-order valence-electron chi connectivity index (χ1n) is 4.88. The molecule has 14 heavy (non-hydrogen) atoms. The van der Waals surface area contributed by atoms with Crippen molar-refractivity contribution in [1.29, 1.82) is 0 Å². The van der Waals surface area contributed by atoms with E-state index < -0.39 is 12.2 Å². The van der Waals surface area contributed by atoms with Crippen molar-refractivity contribution >= 4 is 0 Å². The zero-order valence-electron chi connectivity index (χ0n) is 8.30. The van der Waals surface area contributed by atoms with Gasteiger partial charge in [-0.05, 0) is 19.3 Å². The number of ether oxygens (including phenoxy) is 1. The van der Waals surface area contributed by atoms with E-state index in [4.69, 9.17) is 20.1 Å². The topological polar surface area (TPSA) is 90.2 Å². The Balaban J connectivity index is 3.74. The van der Waals surface area contributed by atoms with E-state index in [2.05, 4.69) is 0 Å². The lowest BCUT2D eigenvalue weighted by Crippen LogP contribution is -2.31. The lowest BCUT2D eigenvalue weighted by molar-refractivity contribution is -0.0578. The van der Waals surface area contributed by atoms with Crippen molar-refractivity contribution in [2.24, 2.45) is 0 Å². The van der Waals surface area contributed by atoms with Gasteiger partial charge in [-0.1, -0.05) is 0 Å². The molecule has 4 N–H and O–H groups in total. The molecule has 0 aromatic rings. The SMILES string of the molecule is OCCCOC(CCO)C(O)CCO. The van der Waals surface area contributed by atoms with Crippen LogP contribution < -0.4 is 0 Å². The molecule has 0 amide bonds. The van der Waals surface area contributed by atoms with Crippen LogP contribution in [0.3, 0.4) is 0 Å². The van der Waals surface area contributed by atoms with Gasteiger partial charge in [0.05, 0.1) is 12.2 Å². The van der Waals surface area contributed by atoms with Gasteiger partial charge >= 0.3 is 0 Å². The second-order valence-corrected chi connectivity index (χ2v) is 3.08. The van der Waals surface area contributed by atoms with Crippen LogP contribution in [0.25, 0.3) is 0 Å². The molecule has 0 heterocycles. The van der Waals surface area contributed by atoms with Crippen LogP contribution in [0, 0.1) is 0 Å². The van der Waals surface area contributed by atoms with Crippen molar-refractivity contribution in [2.45, 2.75) is 31.5 Å². The lowest BCUT2D eigenvalue weighted by atomic mass is 10.1. The van der Waals surface area contributed by atoms with Crippen LogP contribution in [-0.2, 0) is 4.74 Å². The molecule has 0 saturated carbocycles. The molecule has 0 bridgehead atoms. The second kappa shape index (κ2) is 9.36. The minimum atomic E-state index is -0.758. The molecule has 0 fully saturated rings. The standard InChI is InChI=1S/C9H20O5/c10-4-1-7-14-9(3-6-12)8(13)2-5-11/h8-13H,1-7H2. The first-order valence-corrected chi connectivity index (χ1v) is 4.88. The Bertz CT molecular complexity index is 120. The minimum Gasteiger partial charge on any atom is -0.396 e. The summed E-state index contributed by atoms with van der Waals surface area (Å²) in [5.41, 5.74) is 0. The minimum absolute atomic E-state index is 0.0436. The predicted octanol–water partition coefficient (Wildman–Crippen LogP) is -1.12. The van der Waals surface area contributed by atoms with Crippen LogP contribution in [-0.4, -0.2) is 59.1 Å². The van der Waals surface area contributed by atoms with Gasteiger partial charge in [0, 0.05) is 26.4 Å². The Labute approximate surface area is 83.9 Å². The highest BCUT2D eigenvalue weighted by atomic mass is 16.5. The van der Waals surface area contributed by atoms with Gasteiger partial charge in [-0.25, -0.2) is 0 Å². The molecule has 0 aliphatic carbocycles. The van der Waals surface area contributed by atoms with Gasteiger partial charge in [0.1, 0.15) is 0 Å². The van der Waals surface area contributed by atoms with E-state index >= 15 is 0 Å². The zero-order chi connectivity index (χ0) is 10.8. The molecule has 2 atom stereocenters. The van der Waals surface area contributed by atoms with Gasteiger partial charge in [0.15, 0.2) is 0 Å². The molecule has 5 heteroatoms. The molecule has 2 unspecified atom stereocenters. The van der Waals surface area contributed by atoms with Gasteiger partial charge in [-0.15, -0.1) is 0 Å². The van der Waals surface area contributed by atoms with Crippen LogP contribution >= 0.6 is 0 Å². The summed E-state index contributed by atoms with van der Waals surface area (Å²) in [6, 6.07) is 0. The third-order valence-corrected chi connectivity index (χ3v) is 1.90. The molecule has 0 aliphatic rings. The van der Waals surface area contributed by atoms with Gasteiger partial charge in [0.25, 0.3) is 0 Å². The van der Waals surface area contributed by atoms with E-state index in [0.29, 0.717) is 19.4 Å². The Kier molecular flexibility index (Phi) is 9.23. The molecule has 0 aromatic heterocycles. The number of hydrogen-bond donors (Lipinski definition) is 4. The normalized spacial score (nSPS) is 15.4.